The molecule has 0 saturated carbocycles. The molecule has 2 aromatic heterocycles. The highest BCUT2D eigenvalue weighted by atomic mass is 35.5. The number of aromatic nitrogens is 3. The molecule has 2 heterocycles. The quantitative estimate of drug-likeness (QED) is 0.732. The summed E-state index contributed by atoms with van der Waals surface area (Å²) in [6.45, 7) is 1.89. The number of pyridine rings is 1. The highest BCUT2D eigenvalue weighted by molar-refractivity contribution is 5.85. The number of fused-ring (bicyclic) bond motifs is 1. The number of hydrogen-bond donors (Lipinski definition) is 1. The van der Waals surface area contributed by atoms with E-state index >= 15 is 0 Å². The van der Waals surface area contributed by atoms with Crippen LogP contribution < -0.4 is 5.73 Å². The highest BCUT2D eigenvalue weighted by Gasteiger charge is 2.01. The van der Waals surface area contributed by atoms with Crippen LogP contribution in [0.4, 0.5) is 5.69 Å². The van der Waals surface area contributed by atoms with Crippen LogP contribution in [0.1, 0.15) is 5.82 Å². The Morgan fingerprint density at radius 3 is 2.62 bits per heavy atom. The fourth-order valence-corrected chi connectivity index (χ4v) is 1.05. The van der Waals surface area contributed by atoms with Crippen LogP contribution in [0.2, 0.25) is 0 Å². The number of nitrogen functional groups attached to an aromatic ring is 1. The van der Waals surface area contributed by atoms with Crippen LogP contribution in [0.25, 0.3) is 5.65 Å². The van der Waals surface area contributed by atoms with Gasteiger partial charge in [0.25, 0.3) is 0 Å². The van der Waals surface area contributed by atoms with Gasteiger partial charge < -0.3 is 5.73 Å². The van der Waals surface area contributed by atoms with Gasteiger partial charge in [-0.1, -0.05) is 0 Å². The molecular weight excluding hydrogens is 211 g/mol. The predicted octanol–water partition coefficient (Wildman–Crippen LogP) is 1.46. The second-order valence-electron chi connectivity index (χ2n) is 2.40. The molecule has 0 bridgehead atoms. The molecule has 0 aliphatic rings. The van der Waals surface area contributed by atoms with E-state index < -0.39 is 0 Å². The molecule has 0 saturated heterocycles. The molecule has 2 N–H and O–H groups in total. The molecule has 0 unspecified atom stereocenters. The molecule has 0 atom stereocenters. The van der Waals surface area contributed by atoms with E-state index in [2.05, 4.69) is 10.2 Å². The molecule has 72 valence electrons. The fraction of sp³-hybridized carbons (Fsp3) is 0.143. The smallest absolute Gasteiger partial charge is 0.183 e. The second-order valence-corrected chi connectivity index (χ2v) is 2.40. The van der Waals surface area contributed by atoms with E-state index in [4.69, 9.17) is 5.73 Å². The van der Waals surface area contributed by atoms with E-state index in [0.717, 1.165) is 11.5 Å². The lowest BCUT2D eigenvalue weighted by molar-refractivity contribution is 1.01. The molecule has 0 radical (unpaired) electrons. The van der Waals surface area contributed by atoms with E-state index in [0.29, 0.717) is 5.69 Å². The molecule has 0 amide bonds. The Morgan fingerprint density at radius 1 is 1.31 bits per heavy atom. The number of nitrogens with zero attached hydrogens (tertiary/aromatic N) is 3. The minimum atomic E-state index is 0. The first-order chi connectivity index (χ1) is 5.29. The number of aryl methyl sites for hydroxylation is 1. The van der Waals surface area contributed by atoms with Crippen molar-refractivity contribution in [1.29, 1.82) is 0 Å². The molecule has 0 fully saturated rings. The van der Waals surface area contributed by atoms with Crippen molar-refractivity contribution in [2.24, 2.45) is 0 Å². The lowest BCUT2D eigenvalue weighted by atomic mass is 10.4. The maximum Gasteiger partial charge on any atom is 0.183 e. The largest absolute Gasteiger partial charge is 0.396 e. The third-order valence-corrected chi connectivity index (χ3v) is 1.64. The maximum absolute atomic E-state index is 5.65. The molecule has 2 aromatic rings. The summed E-state index contributed by atoms with van der Waals surface area (Å²) in [7, 11) is 0. The van der Waals surface area contributed by atoms with E-state index in [1.54, 1.807) is 0 Å². The fourth-order valence-electron chi connectivity index (χ4n) is 1.05. The Morgan fingerprint density at radius 2 is 2.00 bits per heavy atom. The van der Waals surface area contributed by atoms with Crippen molar-refractivity contribution in [3.05, 3.63) is 24.2 Å². The summed E-state index contributed by atoms with van der Waals surface area (Å²) in [5.41, 5.74) is 7.03. The average Bonchev–Trinajstić information content (AvgIpc) is 2.35. The van der Waals surface area contributed by atoms with Crippen LogP contribution >= 0.6 is 24.8 Å². The second kappa shape index (κ2) is 4.30. The minimum Gasteiger partial charge on any atom is -0.396 e. The van der Waals surface area contributed by atoms with Gasteiger partial charge in [-0.15, -0.1) is 35.0 Å². The maximum atomic E-state index is 5.65. The summed E-state index contributed by atoms with van der Waals surface area (Å²) in [5, 5.41) is 7.80. The molecule has 2 rings (SSSR count). The minimum absolute atomic E-state index is 0. The Bertz CT molecular complexity index is 398. The van der Waals surface area contributed by atoms with Crippen LogP contribution in [-0.4, -0.2) is 14.6 Å². The van der Waals surface area contributed by atoms with Gasteiger partial charge in [0.2, 0.25) is 0 Å². The number of nitrogens with two attached hydrogens (primary N) is 1. The van der Waals surface area contributed by atoms with Gasteiger partial charge in [-0.2, -0.15) is 0 Å². The molecule has 6 heteroatoms. The van der Waals surface area contributed by atoms with Crippen molar-refractivity contribution in [3.63, 3.8) is 0 Å². The number of anilines is 1. The number of rotatable bonds is 0. The molecule has 4 nitrogen and oxygen atoms in total. The molecule has 0 spiro atoms. The van der Waals surface area contributed by atoms with Crippen molar-refractivity contribution in [1.82, 2.24) is 14.6 Å². The monoisotopic (exact) mass is 220 g/mol. The van der Waals surface area contributed by atoms with E-state index in [-0.39, 0.29) is 24.8 Å². The first kappa shape index (κ1) is 12.0. The van der Waals surface area contributed by atoms with Gasteiger partial charge >= 0.3 is 0 Å². The Hall–Kier alpha value is -1.000. The summed E-state index contributed by atoms with van der Waals surface area (Å²) in [6.07, 6.45) is 1.89. The van der Waals surface area contributed by atoms with Gasteiger partial charge in [-0.25, -0.2) is 0 Å². The van der Waals surface area contributed by atoms with E-state index in [1.165, 1.54) is 0 Å². The van der Waals surface area contributed by atoms with Gasteiger partial charge in [-0.05, 0) is 19.1 Å². The summed E-state index contributed by atoms with van der Waals surface area (Å²) < 4.78 is 1.86. The van der Waals surface area contributed by atoms with Crippen LogP contribution in [-0.2, 0) is 0 Å². The molecule has 13 heavy (non-hydrogen) atoms. The normalized spacial score (nSPS) is 9.00. The van der Waals surface area contributed by atoms with Gasteiger partial charge in [-0.3, -0.25) is 4.40 Å². The molecule has 0 aromatic carbocycles. The first-order valence-corrected chi connectivity index (χ1v) is 3.35. The van der Waals surface area contributed by atoms with Crippen molar-refractivity contribution < 1.29 is 0 Å². The highest BCUT2D eigenvalue weighted by Crippen LogP contribution is 2.10. The third-order valence-electron chi connectivity index (χ3n) is 1.64. The summed E-state index contributed by atoms with van der Waals surface area (Å²) in [4.78, 5) is 0. The third kappa shape index (κ3) is 1.84. The average molecular weight is 221 g/mol. The summed E-state index contributed by atoms with van der Waals surface area (Å²) in [6, 6.07) is 3.68. The Kier molecular flexibility index (Phi) is 3.97. The van der Waals surface area contributed by atoms with Crippen LogP contribution in [0.15, 0.2) is 18.3 Å². The van der Waals surface area contributed by atoms with Crippen molar-refractivity contribution in [2.45, 2.75) is 6.92 Å². The zero-order valence-electron chi connectivity index (χ0n) is 6.97. The van der Waals surface area contributed by atoms with Crippen LogP contribution in [0.3, 0.4) is 0 Å². The Labute approximate surface area is 88.0 Å². The van der Waals surface area contributed by atoms with E-state index in [9.17, 15) is 0 Å². The summed E-state index contributed by atoms with van der Waals surface area (Å²) >= 11 is 0. The zero-order chi connectivity index (χ0) is 7.84. The van der Waals surface area contributed by atoms with Crippen molar-refractivity contribution >= 4 is 36.1 Å². The predicted molar refractivity (Wildman–Crippen MR) is 56.6 cm³/mol. The van der Waals surface area contributed by atoms with Crippen LogP contribution in [0, 0.1) is 6.92 Å². The number of hydrogen-bond acceptors (Lipinski definition) is 3. The van der Waals surface area contributed by atoms with Gasteiger partial charge in [0.05, 0.1) is 5.69 Å². The first-order valence-electron chi connectivity index (χ1n) is 3.35. The standard InChI is InChI=1S/C7H8N4.2ClH/c1-5-9-10-7-6(8)3-2-4-11(5)7;;/h2-4H,8H2,1H3;2*1H. The summed E-state index contributed by atoms with van der Waals surface area (Å²) in [5.74, 6) is 0.854. The lowest BCUT2D eigenvalue weighted by Gasteiger charge is -1.95. The van der Waals surface area contributed by atoms with Crippen molar-refractivity contribution in [2.75, 3.05) is 5.73 Å². The SMILES string of the molecule is Cc1nnc2c(N)cccn12.Cl.Cl. The molecule has 0 aliphatic heterocycles. The Balaban J connectivity index is 0.000000720. The van der Waals surface area contributed by atoms with Gasteiger partial charge in [0, 0.05) is 6.20 Å². The molecule has 0 aliphatic carbocycles. The van der Waals surface area contributed by atoms with Gasteiger partial charge in [0.15, 0.2) is 5.65 Å². The topological polar surface area (TPSA) is 56.2 Å². The zero-order valence-corrected chi connectivity index (χ0v) is 8.60. The van der Waals surface area contributed by atoms with Gasteiger partial charge in [0.1, 0.15) is 5.82 Å². The van der Waals surface area contributed by atoms with Crippen LogP contribution in [0.5, 0.6) is 0 Å². The lowest BCUT2D eigenvalue weighted by Crippen LogP contribution is -1.92. The number of halogens is 2. The van der Waals surface area contributed by atoms with E-state index in [1.807, 2.05) is 29.7 Å². The van der Waals surface area contributed by atoms with Crippen molar-refractivity contribution in [3.8, 4) is 0 Å². The molecular formula is C7H10Cl2N4.